The molecule has 0 spiro atoms. The molecule has 1 N–H and O–H groups in total. The number of aromatic amines is 1. The third-order valence-corrected chi connectivity index (χ3v) is 5.80. The summed E-state index contributed by atoms with van der Waals surface area (Å²) in [4.78, 5) is 37.7. The second kappa shape index (κ2) is 6.51. The van der Waals surface area contributed by atoms with E-state index in [1.54, 1.807) is 24.4 Å². The number of nitriles is 1. The molecule has 0 saturated heterocycles. The summed E-state index contributed by atoms with van der Waals surface area (Å²) in [5.41, 5.74) is 0.759. The molecule has 7 nitrogen and oxygen atoms in total. The summed E-state index contributed by atoms with van der Waals surface area (Å²) in [7, 11) is 0. The van der Waals surface area contributed by atoms with Crippen molar-refractivity contribution < 1.29 is 0 Å². The highest BCUT2D eigenvalue weighted by atomic mass is 32.1. The second-order valence-corrected chi connectivity index (χ2v) is 7.37. The summed E-state index contributed by atoms with van der Waals surface area (Å²) in [6, 6.07) is 14.7. The summed E-state index contributed by atoms with van der Waals surface area (Å²) in [5, 5.41) is 10.9. The van der Waals surface area contributed by atoms with Crippen molar-refractivity contribution in [3.8, 4) is 22.2 Å². The lowest BCUT2D eigenvalue weighted by Crippen LogP contribution is -2.33. The Hall–Kier alpha value is -4.09. The zero-order valence-corrected chi connectivity index (χ0v) is 15.6. The largest absolute Gasteiger partial charge is 0.333 e. The average molecular weight is 397 g/mol. The van der Waals surface area contributed by atoms with Gasteiger partial charge >= 0.3 is 5.69 Å². The van der Waals surface area contributed by atoms with Gasteiger partial charge in [0.25, 0.3) is 5.56 Å². The Morgan fingerprint density at radius 1 is 1.10 bits per heavy atom. The fraction of sp³-hybridized carbons (Fsp3) is 0. The molecule has 0 fully saturated rings. The van der Waals surface area contributed by atoms with Crippen molar-refractivity contribution >= 4 is 32.3 Å². The minimum atomic E-state index is -0.545. The molecule has 0 atom stereocenters. The lowest BCUT2D eigenvalue weighted by atomic mass is 10.1. The Morgan fingerprint density at radius 3 is 2.83 bits per heavy atom. The van der Waals surface area contributed by atoms with Crippen molar-refractivity contribution in [1.29, 1.82) is 5.26 Å². The predicted octanol–water partition coefficient (Wildman–Crippen LogP) is 3.22. The van der Waals surface area contributed by atoms with Gasteiger partial charge in [-0.1, -0.05) is 24.3 Å². The van der Waals surface area contributed by atoms with Gasteiger partial charge in [0.05, 0.1) is 17.4 Å². The number of H-pyrrole nitrogens is 1. The second-order valence-electron chi connectivity index (χ2n) is 6.32. The Labute approximate surface area is 167 Å². The van der Waals surface area contributed by atoms with E-state index in [1.807, 2.05) is 24.3 Å². The Kier molecular flexibility index (Phi) is 3.82. The Bertz CT molecular complexity index is 1570. The number of rotatable bonds is 2. The van der Waals surface area contributed by atoms with E-state index in [0.717, 1.165) is 15.3 Å². The molecule has 138 valence electrons. The highest BCUT2D eigenvalue weighted by molar-refractivity contribution is 7.22. The van der Waals surface area contributed by atoms with E-state index >= 15 is 0 Å². The summed E-state index contributed by atoms with van der Waals surface area (Å²) in [6.07, 6.45) is 4.73. The van der Waals surface area contributed by atoms with Crippen LogP contribution in [0.1, 0.15) is 5.69 Å². The fourth-order valence-corrected chi connectivity index (χ4v) is 4.40. The van der Waals surface area contributed by atoms with Crippen LogP contribution < -0.4 is 11.2 Å². The van der Waals surface area contributed by atoms with Gasteiger partial charge in [0.2, 0.25) is 0 Å². The maximum atomic E-state index is 13.2. The standard InChI is InChI=1S/C21H11N5O2S/c22-9-16-14(6-3-7-24-16)18-8-15-19(29-18)20(27)26(21(28)25-15)17-11-23-10-12-4-1-2-5-13(12)17/h1-8,10-11H,(H,25,28). The molecule has 5 aromatic rings. The molecule has 4 heterocycles. The molecule has 8 heteroatoms. The first-order valence-corrected chi connectivity index (χ1v) is 9.46. The molecule has 0 bridgehead atoms. The molecule has 0 aliphatic rings. The summed E-state index contributed by atoms with van der Waals surface area (Å²) in [5.74, 6) is 0. The minimum absolute atomic E-state index is 0.264. The molecule has 5 rings (SSSR count). The van der Waals surface area contributed by atoms with Gasteiger partial charge in [-0.25, -0.2) is 14.3 Å². The van der Waals surface area contributed by atoms with E-state index in [1.165, 1.54) is 23.7 Å². The molecular weight excluding hydrogens is 386 g/mol. The van der Waals surface area contributed by atoms with Crippen molar-refractivity contribution in [1.82, 2.24) is 19.5 Å². The molecule has 0 aliphatic heterocycles. The first kappa shape index (κ1) is 17.0. The number of nitrogens with zero attached hydrogens (tertiary/aromatic N) is 4. The van der Waals surface area contributed by atoms with Crippen LogP contribution in [0.5, 0.6) is 0 Å². The van der Waals surface area contributed by atoms with Crippen LogP contribution in [0.25, 0.3) is 37.1 Å². The zero-order valence-electron chi connectivity index (χ0n) is 14.8. The van der Waals surface area contributed by atoms with E-state index in [-0.39, 0.29) is 5.69 Å². The molecule has 4 aromatic heterocycles. The highest BCUT2D eigenvalue weighted by Gasteiger charge is 2.17. The molecular formula is C21H11N5O2S. The molecule has 0 unspecified atom stereocenters. The molecule has 0 saturated carbocycles. The van der Waals surface area contributed by atoms with Gasteiger partial charge in [0, 0.05) is 33.6 Å². The van der Waals surface area contributed by atoms with E-state index < -0.39 is 11.2 Å². The van der Waals surface area contributed by atoms with Crippen LogP contribution in [0.3, 0.4) is 0 Å². The van der Waals surface area contributed by atoms with E-state index in [4.69, 9.17) is 0 Å². The molecule has 0 radical (unpaired) electrons. The SMILES string of the molecule is N#Cc1ncccc1-c1cc2[nH]c(=O)n(-c3cncc4ccccc34)c(=O)c2s1. The van der Waals surface area contributed by atoms with Crippen molar-refractivity contribution in [3.63, 3.8) is 0 Å². The average Bonchev–Trinajstić information content (AvgIpc) is 3.18. The number of pyridine rings is 2. The van der Waals surface area contributed by atoms with Gasteiger partial charge < -0.3 is 4.98 Å². The molecule has 29 heavy (non-hydrogen) atoms. The number of fused-ring (bicyclic) bond motifs is 2. The van der Waals surface area contributed by atoms with Gasteiger partial charge in [-0.15, -0.1) is 11.3 Å². The quantitative estimate of drug-likeness (QED) is 0.492. The monoisotopic (exact) mass is 397 g/mol. The predicted molar refractivity (Wildman–Crippen MR) is 111 cm³/mol. The van der Waals surface area contributed by atoms with Crippen molar-refractivity contribution in [2.45, 2.75) is 0 Å². The topological polar surface area (TPSA) is 104 Å². The Balaban J connectivity index is 1.81. The van der Waals surface area contributed by atoms with Crippen molar-refractivity contribution in [2.24, 2.45) is 0 Å². The lowest BCUT2D eigenvalue weighted by molar-refractivity contribution is 0.905. The van der Waals surface area contributed by atoms with Gasteiger partial charge in [0.1, 0.15) is 16.5 Å². The van der Waals surface area contributed by atoms with Crippen LogP contribution in [-0.2, 0) is 0 Å². The van der Waals surface area contributed by atoms with E-state index in [0.29, 0.717) is 26.3 Å². The van der Waals surface area contributed by atoms with Crippen LogP contribution in [0.2, 0.25) is 0 Å². The van der Waals surface area contributed by atoms with Gasteiger partial charge in [-0.05, 0) is 18.2 Å². The Morgan fingerprint density at radius 2 is 1.97 bits per heavy atom. The number of hydrogen-bond donors (Lipinski definition) is 1. The van der Waals surface area contributed by atoms with Crippen LogP contribution in [-0.4, -0.2) is 19.5 Å². The fourth-order valence-electron chi connectivity index (χ4n) is 3.33. The molecule has 0 amide bonds. The number of nitrogens with one attached hydrogen (secondary N) is 1. The van der Waals surface area contributed by atoms with Crippen molar-refractivity contribution in [2.75, 3.05) is 0 Å². The highest BCUT2D eigenvalue weighted by Crippen LogP contribution is 2.32. The zero-order chi connectivity index (χ0) is 20.0. The van der Waals surface area contributed by atoms with Crippen LogP contribution in [0, 0.1) is 11.3 Å². The normalized spacial score (nSPS) is 11.0. The van der Waals surface area contributed by atoms with Gasteiger partial charge in [0.15, 0.2) is 0 Å². The maximum Gasteiger partial charge on any atom is 0.333 e. The number of hydrogen-bond acceptors (Lipinski definition) is 6. The number of thiophene rings is 1. The summed E-state index contributed by atoms with van der Waals surface area (Å²) < 4.78 is 1.49. The van der Waals surface area contributed by atoms with Crippen molar-refractivity contribution in [3.05, 3.63) is 87.6 Å². The minimum Gasteiger partial charge on any atom is -0.306 e. The first-order valence-electron chi connectivity index (χ1n) is 8.65. The first-order chi connectivity index (χ1) is 14.2. The number of aromatic nitrogens is 4. The van der Waals surface area contributed by atoms with Crippen LogP contribution in [0.15, 0.2) is 70.6 Å². The maximum absolute atomic E-state index is 13.2. The number of benzene rings is 1. The molecule has 1 aromatic carbocycles. The third kappa shape index (κ3) is 2.64. The van der Waals surface area contributed by atoms with E-state index in [9.17, 15) is 14.9 Å². The third-order valence-electron chi connectivity index (χ3n) is 4.64. The summed E-state index contributed by atoms with van der Waals surface area (Å²) in [6.45, 7) is 0. The smallest absolute Gasteiger partial charge is 0.306 e. The van der Waals surface area contributed by atoms with Crippen LogP contribution >= 0.6 is 11.3 Å². The summed E-state index contributed by atoms with van der Waals surface area (Å²) >= 11 is 1.21. The van der Waals surface area contributed by atoms with E-state index in [2.05, 4.69) is 21.0 Å². The van der Waals surface area contributed by atoms with Crippen LogP contribution in [0.4, 0.5) is 0 Å². The van der Waals surface area contributed by atoms with Gasteiger partial charge in [-0.2, -0.15) is 5.26 Å². The lowest BCUT2D eigenvalue weighted by Gasteiger charge is -2.07. The molecule has 0 aliphatic carbocycles. The van der Waals surface area contributed by atoms with Gasteiger partial charge in [-0.3, -0.25) is 9.78 Å².